The Bertz CT molecular complexity index is 573. The van der Waals surface area contributed by atoms with E-state index in [1.165, 1.54) is 5.56 Å². The summed E-state index contributed by atoms with van der Waals surface area (Å²) < 4.78 is 11.6. The van der Waals surface area contributed by atoms with Crippen LogP contribution in [0.2, 0.25) is 0 Å². The predicted octanol–water partition coefficient (Wildman–Crippen LogP) is 2.13. The summed E-state index contributed by atoms with van der Waals surface area (Å²) in [7, 11) is 0. The molecule has 1 aliphatic heterocycles. The lowest BCUT2D eigenvalue weighted by molar-refractivity contribution is -0.0716. The van der Waals surface area contributed by atoms with Gasteiger partial charge in [-0.05, 0) is 30.7 Å². The SMILES string of the molecule is CC1CNCC(COCc2ccc3ncccc3c2)O1. The Balaban J connectivity index is 1.54. The lowest BCUT2D eigenvalue weighted by atomic mass is 10.1. The first-order valence-electron chi connectivity index (χ1n) is 7.09. The topological polar surface area (TPSA) is 43.4 Å². The van der Waals surface area contributed by atoms with Crippen molar-refractivity contribution in [3.05, 3.63) is 42.1 Å². The molecule has 1 aromatic heterocycles. The van der Waals surface area contributed by atoms with E-state index in [0.717, 1.165) is 24.0 Å². The summed E-state index contributed by atoms with van der Waals surface area (Å²) >= 11 is 0. The van der Waals surface area contributed by atoms with Crippen LogP contribution in [0.25, 0.3) is 10.9 Å². The molecule has 106 valence electrons. The second kappa shape index (κ2) is 6.31. The fourth-order valence-corrected chi connectivity index (χ4v) is 2.49. The number of benzene rings is 1. The molecule has 1 saturated heterocycles. The number of fused-ring (bicyclic) bond motifs is 1. The average molecular weight is 272 g/mol. The Labute approximate surface area is 119 Å². The molecule has 20 heavy (non-hydrogen) atoms. The Morgan fingerprint density at radius 2 is 2.30 bits per heavy atom. The number of aromatic nitrogens is 1. The summed E-state index contributed by atoms with van der Waals surface area (Å²) in [6, 6.07) is 10.3. The summed E-state index contributed by atoms with van der Waals surface area (Å²) in [6.45, 7) is 5.11. The molecule has 0 bridgehead atoms. The Kier molecular flexibility index (Phi) is 4.25. The molecule has 0 spiro atoms. The summed E-state index contributed by atoms with van der Waals surface area (Å²) in [5, 5.41) is 4.49. The first-order valence-corrected chi connectivity index (χ1v) is 7.09. The van der Waals surface area contributed by atoms with Gasteiger partial charge in [0.1, 0.15) is 0 Å². The van der Waals surface area contributed by atoms with E-state index in [9.17, 15) is 0 Å². The maximum absolute atomic E-state index is 5.80. The van der Waals surface area contributed by atoms with Crippen molar-refractivity contribution in [2.24, 2.45) is 0 Å². The molecule has 4 nitrogen and oxygen atoms in total. The van der Waals surface area contributed by atoms with E-state index in [2.05, 4.69) is 35.4 Å². The third kappa shape index (κ3) is 3.33. The lowest BCUT2D eigenvalue weighted by Gasteiger charge is -2.28. The largest absolute Gasteiger partial charge is 0.374 e. The smallest absolute Gasteiger partial charge is 0.0936 e. The molecular formula is C16H20N2O2. The summed E-state index contributed by atoms with van der Waals surface area (Å²) in [5.74, 6) is 0. The van der Waals surface area contributed by atoms with Crippen LogP contribution in [0.15, 0.2) is 36.5 Å². The average Bonchev–Trinajstić information content (AvgIpc) is 2.47. The standard InChI is InChI=1S/C16H20N2O2/c1-12-8-17-9-15(20-12)11-19-10-13-4-5-16-14(7-13)3-2-6-18-16/h2-7,12,15,17H,8-11H2,1H3. The highest BCUT2D eigenvalue weighted by molar-refractivity contribution is 5.78. The summed E-state index contributed by atoms with van der Waals surface area (Å²) in [4.78, 5) is 4.32. The molecule has 1 aliphatic rings. The highest BCUT2D eigenvalue weighted by Gasteiger charge is 2.18. The molecule has 2 heterocycles. The van der Waals surface area contributed by atoms with E-state index >= 15 is 0 Å². The van der Waals surface area contributed by atoms with E-state index in [0.29, 0.717) is 13.2 Å². The summed E-state index contributed by atoms with van der Waals surface area (Å²) in [6.07, 6.45) is 2.23. The van der Waals surface area contributed by atoms with Crippen molar-refractivity contribution >= 4 is 10.9 Å². The number of nitrogens with zero attached hydrogens (tertiary/aromatic N) is 1. The van der Waals surface area contributed by atoms with Crippen LogP contribution in [0.4, 0.5) is 0 Å². The predicted molar refractivity (Wildman–Crippen MR) is 78.6 cm³/mol. The maximum Gasteiger partial charge on any atom is 0.0936 e. The third-order valence-corrected chi connectivity index (χ3v) is 3.47. The minimum absolute atomic E-state index is 0.154. The van der Waals surface area contributed by atoms with Gasteiger partial charge < -0.3 is 14.8 Å². The molecule has 0 radical (unpaired) electrons. The van der Waals surface area contributed by atoms with Gasteiger partial charge in [-0.2, -0.15) is 0 Å². The molecule has 2 unspecified atom stereocenters. The van der Waals surface area contributed by atoms with Gasteiger partial charge in [0, 0.05) is 24.7 Å². The Hall–Kier alpha value is -1.49. The van der Waals surface area contributed by atoms with Crippen molar-refractivity contribution in [3.8, 4) is 0 Å². The molecule has 0 aliphatic carbocycles. The number of ether oxygens (including phenoxy) is 2. The van der Waals surface area contributed by atoms with Crippen LogP contribution in [-0.2, 0) is 16.1 Å². The fraction of sp³-hybridized carbons (Fsp3) is 0.438. The first kappa shape index (κ1) is 13.5. The van der Waals surface area contributed by atoms with Crippen LogP contribution in [-0.4, -0.2) is 36.9 Å². The van der Waals surface area contributed by atoms with Crippen LogP contribution in [0.1, 0.15) is 12.5 Å². The molecule has 2 aromatic rings. The lowest BCUT2D eigenvalue weighted by Crippen LogP contribution is -2.45. The molecule has 0 saturated carbocycles. The van der Waals surface area contributed by atoms with Crippen LogP contribution >= 0.6 is 0 Å². The molecular weight excluding hydrogens is 252 g/mol. The second-order valence-corrected chi connectivity index (χ2v) is 5.27. The fourth-order valence-electron chi connectivity index (χ4n) is 2.49. The number of morpholine rings is 1. The second-order valence-electron chi connectivity index (χ2n) is 5.27. The van der Waals surface area contributed by atoms with Gasteiger partial charge in [0.2, 0.25) is 0 Å². The van der Waals surface area contributed by atoms with Crippen molar-refractivity contribution in [2.75, 3.05) is 19.7 Å². The number of hydrogen-bond donors (Lipinski definition) is 1. The number of hydrogen-bond acceptors (Lipinski definition) is 4. The molecule has 1 fully saturated rings. The highest BCUT2D eigenvalue weighted by Crippen LogP contribution is 2.14. The zero-order valence-corrected chi connectivity index (χ0v) is 11.7. The zero-order valence-electron chi connectivity index (χ0n) is 11.7. The van der Waals surface area contributed by atoms with Crippen molar-refractivity contribution in [3.63, 3.8) is 0 Å². The van der Waals surface area contributed by atoms with Gasteiger partial charge in [-0.15, -0.1) is 0 Å². The third-order valence-electron chi connectivity index (χ3n) is 3.47. The van der Waals surface area contributed by atoms with Crippen LogP contribution in [0, 0.1) is 0 Å². The van der Waals surface area contributed by atoms with Gasteiger partial charge in [-0.3, -0.25) is 4.98 Å². The molecule has 3 rings (SSSR count). The normalized spacial score (nSPS) is 23.1. The number of rotatable bonds is 4. The van der Waals surface area contributed by atoms with Crippen LogP contribution < -0.4 is 5.32 Å². The van der Waals surface area contributed by atoms with E-state index < -0.39 is 0 Å². The van der Waals surface area contributed by atoms with Crippen LogP contribution in [0.5, 0.6) is 0 Å². The minimum atomic E-state index is 0.154. The first-order chi connectivity index (χ1) is 9.81. The van der Waals surface area contributed by atoms with Crippen LogP contribution in [0.3, 0.4) is 0 Å². The van der Waals surface area contributed by atoms with Gasteiger partial charge in [-0.25, -0.2) is 0 Å². The molecule has 1 N–H and O–H groups in total. The van der Waals surface area contributed by atoms with Gasteiger partial charge in [0.15, 0.2) is 0 Å². The van der Waals surface area contributed by atoms with E-state index in [4.69, 9.17) is 9.47 Å². The quantitative estimate of drug-likeness (QED) is 0.926. The zero-order chi connectivity index (χ0) is 13.8. The number of pyridine rings is 1. The monoisotopic (exact) mass is 272 g/mol. The van der Waals surface area contributed by atoms with E-state index in [1.54, 1.807) is 0 Å². The molecule has 4 heteroatoms. The van der Waals surface area contributed by atoms with Crippen molar-refractivity contribution in [1.82, 2.24) is 10.3 Å². The van der Waals surface area contributed by atoms with Gasteiger partial charge in [0.05, 0.1) is 30.9 Å². The van der Waals surface area contributed by atoms with E-state index in [1.807, 2.05) is 18.3 Å². The van der Waals surface area contributed by atoms with Gasteiger partial charge >= 0.3 is 0 Å². The molecule has 1 aromatic carbocycles. The molecule has 0 amide bonds. The Morgan fingerprint density at radius 1 is 1.35 bits per heavy atom. The highest BCUT2D eigenvalue weighted by atomic mass is 16.5. The Morgan fingerprint density at radius 3 is 3.20 bits per heavy atom. The summed E-state index contributed by atoms with van der Waals surface area (Å²) in [5.41, 5.74) is 2.19. The van der Waals surface area contributed by atoms with Gasteiger partial charge in [-0.1, -0.05) is 12.1 Å². The minimum Gasteiger partial charge on any atom is -0.374 e. The van der Waals surface area contributed by atoms with Gasteiger partial charge in [0.25, 0.3) is 0 Å². The number of nitrogens with one attached hydrogen (secondary N) is 1. The van der Waals surface area contributed by atoms with Crippen molar-refractivity contribution in [1.29, 1.82) is 0 Å². The maximum atomic E-state index is 5.80. The van der Waals surface area contributed by atoms with Crippen molar-refractivity contribution in [2.45, 2.75) is 25.7 Å². The molecule has 2 atom stereocenters. The van der Waals surface area contributed by atoms with Crippen molar-refractivity contribution < 1.29 is 9.47 Å². The van der Waals surface area contributed by atoms with E-state index in [-0.39, 0.29) is 12.2 Å².